The predicted molar refractivity (Wildman–Crippen MR) is 94.8 cm³/mol. The molecular weight excluding hydrogens is 322 g/mol. The van der Waals surface area contributed by atoms with Crippen molar-refractivity contribution in [2.24, 2.45) is 11.8 Å². The molecule has 0 saturated heterocycles. The van der Waals surface area contributed by atoms with E-state index in [1.165, 1.54) is 5.56 Å². The van der Waals surface area contributed by atoms with Gasteiger partial charge in [0.05, 0.1) is 6.07 Å². The lowest BCUT2D eigenvalue weighted by atomic mass is 9.76. The van der Waals surface area contributed by atoms with Gasteiger partial charge in [-0.1, -0.05) is 23.7 Å². The number of urea groups is 1. The zero-order valence-corrected chi connectivity index (χ0v) is 14.6. The third kappa shape index (κ3) is 4.42. The maximum atomic E-state index is 12.0. The number of hydrogen-bond donors (Lipinski definition) is 2. The second-order valence-electron chi connectivity index (χ2n) is 7.12. The molecular formula is C19H24ClN3O. The van der Waals surface area contributed by atoms with E-state index < -0.39 is 0 Å². The van der Waals surface area contributed by atoms with Gasteiger partial charge in [0.15, 0.2) is 0 Å². The number of hydrogen-bond acceptors (Lipinski definition) is 2. The molecule has 0 aromatic heterocycles. The number of amides is 2. The molecule has 0 radical (unpaired) electrons. The molecule has 2 aliphatic carbocycles. The van der Waals surface area contributed by atoms with Crippen molar-refractivity contribution >= 4 is 17.6 Å². The third-order valence-electron chi connectivity index (χ3n) is 5.40. The number of carbonyl (C=O) groups is 1. The van der Waals surface area contributed by atoms with E-state index in [2.05, 4.69) is 28.8 Å². The Hall–Kier alpha value is -1.73. The standard InChI is InChI=1S/C19H24ClN3O/c20-17-7-5-15(6-8-17)16-9-18(10-16)23-19(24)22-12-14-3-1-13(11-21)2-4-14/h5-8,13-14,16,18H,1-4,9-10,12H2,(H2,22,23,24). The first kappa shape index (κ1) is 17.1. The Labute approximate surface area is 148 Å². The largest absolute Gasteiger partial charge is 0.338 e. The fourth-order valence-corrected chi connectivity index (χ4v) is 3.84. The first-order valence-electron chi connectivity index (χ1n) is 8.83. The van der Waals surface area contributed by atoms with Crippen LogP contribution in [0.5, 0.6) is 0 Å². The van der Waals surface area contributed by atoms with E-state index in [-0.39, 0.29) is 18.0 Å². The molecule has 0 aliphatic heterocycles. The van der Waals surface area contributed by atoms with Crippen LogP contribution >= 0.6 is 11.6 Å². The molecule has 0 heterocycles. The van der Waals surface area contributed by atoms with E-state index in [0.717, 1.165) is 50.1 Å². The Morgan fingerprint density at radius 3 is 2.46 bits per heavy atom. The summed E-state index contributed by atoms with van der Waals surface area (Å²) in [6.07, 6.45) is 6.00. The molecule has 1 aromatic carbocycles. The summed E-state index contributed by atoms with van der Waals surface area (Å²) in [5.41, 5.74) is 1.30. The van der Waals surface area contributed by atoms with Gasteiger partial charge in [-0.05, 0) is 68.1 Å². The van der Waals surface area contributed by atoms with Gasteiger partial charge >= 0.3 is 6.03 Å². The number of carbonyl (C=O) groups excluding carboxylic acids is 1. The van der Waals surface area contributed by atoms with Gasteiger partial charge in [0.2, 0.25) is 0 Å². The maximum Gasteiger partial charge on any atom is 0.315 e. The SMILES string of the molecule is N#CC1CCC(CNC(=O)NC2CC(c3ccc(Cl)cc3)C2)CC1. The van der Waals surface area contributed by atoms with E-state index in [1.807, 2.05) is 12.1 Å². The highest BCUT2D eigenvalue weighted by molar-refractivity contribution is 6.30. The minimum Gasteiger partial charge on any atom is -0.338 e. The van der Waals surface area contributed by atoms with Crippen molar-refractivity contribution in [3.63, 3.8) is 0 Å². The second-order valence-corrected chi connectivity index (χ2v) is 7.55. The lowest BCUT2D eigenvalue weighted by molar-refractivity contribution is 0.217. The number of benzene rings is 1. The van der Waals surface area contributed by atoms with E-state index in [4.69, 9.17) is 16.9 Å². The van der Waals surface area contributed by atoms with Crippen LogP contribution < -0.4 is 10.6 Å². The average molecular weight is 346 g/mol. The van der Waals surface area contributed by atoms with Gasteiger partial charge in [-0.25, -0.2) is 4.79 Å². The highest BCUT2D eigenvalue weighted by Gasteiger charge is 2.31. The summed E-state index contributed by atoms with van der Waals surface area (Å²) in [5.74, 6) is 1.26. The topological polar surface area (TPSA) is 64.9 Å². The van der Waals surface area contributed by atoms with Crippen molar-refractivity contribution < 1.29 is 4.79 Å². The predicted octanol–water partition coefficient (Wildman–Crippen LogP) is 4.22. The van der Waals surface area contributed by atoms with Gasteiger partial charge in [-0.3, -0.25) is 0 Å². The smallest absolute Gasteiger partial charge is 0.315 e. The van der Waals surface area contributed by atoms with Crippen LogP contribution in [0.3, 0.4) is 0 Å². The molecule has 3 rings (SSSR count). The molecule has 2 N–H and O–H groups in total. The summed E-state index contributed by atoms with van der Waals surface area (Å²) in [5, 5.41) is 15.7. The summed E-state index contributed by atoms with van der Waals surface area (Å²) in [6, 6.07) is 10.5. The van der Waals surface area contributed by atoms with Gasteiger partial charge in [0, 0.05) is 23.5 Å². The molecule has 2 amide bonds. The first-order chi connectivity index (χ1) is 11.6. The van der Waals surface area contributed by atoms with Crippen LogP contribution in [0.15, 0.2) is 24.3 Å². The molecule has 5 heteroatoms. The van der Waals surface area contributed by atoms with Crippen LogP contribution in [-0.4, -0.2) is 18.6 Å². The second kappa shape index (κ2) is 7.90. The molecule has 2 fully saturated rings. The molecule has 1 aromatic rings. The minimum absolute atomic E-state index is 0.0584. The van der Waals surface area contributed by atoms with Crippen LogP contribution in [0.2, 0.25) is 5.02 Å². The maximum absolute atomic E-state index is 12.0. The molecule has 2 aliphatic rings. The quantitative estimate of drug-likeness (QED) is 0.858. The van der Waals surface area contributed by atoms with Gasteiger partial charge in [0.1, 0.15) is 0 Å². The van der Waals surface area contributed by atoms with Crippen LogP contribution in [0, 0.1) is 23.2 Å². The van der Waals surface area contributed by atoms with Crippen molar-refractivity contribution in [1.82, 2.24) is 10.6 Å². The number of nitrogens with zero attached hydrogens (tertiary/aromatic N) is 1. The van der Waals surface area contributed by atoms with Crippen molar-refractivity contribution in [3.8, 4) is 6.07 Å². The van der Waals surface area contributed by atoms with Gasteiger partial charge < -0.3 is 10.6 Å². The average Bonchev–Trinajstić information content (AvgIpc) is 2.57. The highest BCUT2D eigenvalue weighted by Crippen LogP contribution is 2.37. The van der Waals surface area contributed by atoms with Crippen molar-refractivity contribution in [2.75, 3.05) is 6.54 Å². The fraction of sp³-hybridized carbons (Fsp3) is 0.579. The number of nitriles is 1. The summed E-state index contributed by atoms with van der Waals surface area (Å²) >= 11 is 5.91. The highest BCUT2D eigenvalue weighted by atomic mass is 35.5. The van der Waals surface area contributed by atoms with E-state index in [0.29, 0.717) is 11.8 Å². The van der Waals surface area contributed by atoms with E-state index in [1.54, 1.807) is 0 Å². The summed E-state index contributed by atoms with van der Waals surface area (Å²) in [6.45, 7) is 0.720. The zero-order chi connectivity index (χ0) is 16.9. The molecule has 0 bridgehead atoms. The van der Waals surface area contributed by atoms with Crippen molar-refractivity contribution in [3.05, 3.63) is 34.9 Å². The fourth-order valence-electron chi connectivity index (χ4n) is 3.71. The summed E-state index contributed by atoms with van der Waals surface area (Å²) in [4.78, 5) is 12.0. The number of nitrogens with one attached hydrogen (secondary N) is 2. The normalized spacial score (nSPS) is 29.2. The Balaban J connectivity index is 1.32. The van der Waals surface area contributed by atoms with Crippen LogP contribution in [0.4, 0.5) is 4.79 Å². The molecule has 24 heavy (non-hydrogen) atoms. The van der Waals surface area contributed by atoms with Gasteiger partial charge in [-0.15, -0.1) is 0 Å². The molecule has 0 atom stereocenters. The lowest BCUT2D eigenvalue weighted by Gasteiger charge is -2.36. The molecule has 2 saturated carbocycles. The van der Waals surface area contributed by atoms with Crippen LogP contribution in [0.25, 0.3) is 0 Å². The molecule has 128 valence electrons. The van der Waals surface area contributed by atoms with Crippen LogP contribution in [-0.2, 0) is 0 Å². The lowest BCUT2D eigenvalue weighted by Crippen LogP contribution is -2.48. The first-order valence-corrected chi connectivity index (χ1v) is 9.21. The van der Waals surface area contributed by atoms with Crippen molar-refractivity contribution in [2.45, 2.75) is 50.5 Å². The van der Waals surface area contributed by atoms with Crippen molar-refractivity contribution in [1.29, 1.82) is 5.26 Å². The zero-order valence-electron chi connectivity index (χ0n) is 13.8. The number of rotatable bonds is 4. The third-order valence-corrected chi connectivity index (χ3v) is 5.65. The Kier molecular flexibility index (Phi) is 5.63. The van der Waals surface area contributed by atoms with E-state index >= 15 is 0 Å². The summed E-state index contributed by atoms with van der Waals surface area (Å²) in [7, 11) is 0. The Morgan fingerprint density at radius 2 is 1.83 bits per heavy atom. The number of halogens is 1. The summed E-state index contributed by atoms with van der Waals surface area (Å²) < 4.78 is 0. The monoisotopic (exact) mass is 345 g/mol. The Bertz CT molecular complexity index is 596. The van der Waals surface area contributed by atoms with Gasteiger partial charge in [0.25, 0.3) is 0 Å². The Morgan fingerprint density at radius 1 is 1.17 bits per heavy atom. The van der Waals surface area contributed by atoms with E-state index in [9.17, 15) is 4.79 Å². The molecule has 4 nitrogen and oxygen atoms in total. The van der Waals surface area contributed by atoms with Crippen LogP contribution in [0.1, 0.15) is 50.0 Å². The minimum atomic E-state index is -0.0584. The molecule has 0 spiro atoms. The van der Waals surface area contributed by atoms with Gasteiger partial charge in [-0.2, -0.15) is 5.26 Å². The molecule has 0 unspecified atom stereocenters.